The number of hydrogen-bond acceptors (Lipinski definition) is 8. The lowest BCUT2D eigenvalue weighted by atomic mass is 10.1. The zero-order valence-electron chi connectivity index (χ0n) is 17.1. The zero-order valence-corrected chi connectivity index (χ0v) is 17.1. The quantitative estimate of drug-likeness (QED) is 0.683. The molecule has 1 saturated heterocycles. The molecule has 156 valence electrons. The van der Waals surface area contributed by atoms with E-state index >= 15 is 0 Å². The average Bonchev–Trinajstić information content (AvgIpc) is 2.77. The van der Waals surface area contributed by atoms with E-state index in [1.807, 2.05) is 19.0 Å². The number of nitrogens with one attached hydrogen (secondary N) is 1. The molecular formula is C21H24N6O3. The number of fused-ring (bicyclic) bond motifs is 1. The van der Waals surface area contributed by atoms with Gasteiger partial charge in [0.25, 0.3) is 5.91 Å². The van der Waals surface area contributed by atoms with Crippen molar-refractivity contribution in [2.24, 2.45) is 0 Å². The number of carbonyl (C=O) groups is 1. The van der Waals surface area contributed by atoms with Crippen molar-refractivity contribution in [2.75, 3.05) is 37.0 Å². The first kappa shape index (κ1) is 19.8. The van der Waals surface area contributed by atoms with Crippen LogP contribution in [0.2, 0.25) is 0 Å². The molecule has 0 radical (unpaired) electrons. The molecule has 0 spiro atoms. The minimum absolute atomic E-state index is 0.0446. The molecule has 9 heteroatoms. The molecule has 9 nitrogen and oxygen atoms in total. The van der Waals surface area contributed by atoms with Crippen LogP contribution in [0.25, 0.3) is 11.0 Å². The van der Waals surface area contributed by atoms with Crippen molar-refractivity contribution in [1.29, 1.82) is 0 Å². The van der Waals surface area contributed by atoms with E-state index in [-0.39, 0.29) is 17.7 Å². The maximum atomic E-state index is 12.6. The van der Waals surface area contributed by atoms with Crippen LogP contribution in [0.5, 0.6) is 0 Å². The molecule has 1 aliphatic heterocycles. The van der Waals surface area contributed by atoms with Gasteiger partial charge in [0.15, 0.2) is 17.0 Å². The molecule has 3 aromatic rings. The van der Waals surface area contributed by atoms with Gasteiger partial charge in [-0.3, -0.25) is 9.59 Å². The van der Waals surface area contributed by atoms with Crippen LogP contribution in [0.1, 0.15) is 35.6 Å². The van der Waals surface area contributed by atoms with Crippen molar-refractivity contribution >= 4 is 28.8 Å². The largest absolute Gasteiger partial charge is 0.451 e. The van der Waals surface area contributed by atoms with Gasteiger partial charge in [-0.15, -0.1) is 0 Å². The minimum atomic E-state index is -0.496. The average molecular weight is 408 g/mol. The number of piperidine rings is 1. The Labute approximate surface area is 173 Å². The summed E-state index contributed by atoms with van der Waals surface area (Å²) < 4.78 is 5.59. The van der Waals surface area contributed by atoms with Crippen LogP contribution in [-0.4, -0.2) is 48.0 Å². The van der Waals surface area contributed by atoms with E-state index in [9.17, 15) is 9.59 Å². The molecule has 30 heavy (non-hydrogen) atoms. The van der Waals surface area contributed by atoms with E-state index in [2.05, 4.69) is 25.2 Å². The Hall–Kier alpha value is -3.49. The highest BCUT2D eigenvalue weighted by Crippen LogP contribution is 2.18. The molecule has 3 heterocycles. The van der Waals surface area contributed by atoms with Crippen LogP contribution in [0.4, 0.5) is 11.9 Å². The molecule has 0 bridgehead atoms. The normalized spacial score (nSPS) is 14.0. The van der Waals surface area contributed by atoms with E-state index in [0.717, 1.165) is 25.9 Å². The summed E-state index contributed by atoms with van der Waals surface area (Å²) in [6, 6.07) is 8.03. The molecule has 2 aromatic heterocycles. The van der Waals surface area contributed by atoms with Gasteiger partial charge in [-0.05, 0) is 31.4 Å². The second-order valence-corrected chi connectivity index (χ2v) is 7.45. The number of hydrogen-bond donors (Lipinski definition) is 1. The first-order valence-electron chi connectivity index (χ1n) is 9.99. The van der Waals surface area contributed by atoms with Gasteiger partial charge in [-0.2, -0.15) is 15.0 Å². The number of carbonyl (C=O) groups excluding carboxylic acids is 1. The highest BCUT2D eigenvalue weighted by atomic mass is 16.3. The van der Waals surface area contributed by atoms with E-state index in [4.69, 9.17) is 4.42 Å². The maximum Gasteiger partial charge on any atom is 0.287 e. The SMILES string of the molecule is CN(C)c1nc(CNC(=O)c2cc(=O)c3ccccc3o2)nc(N2CCCCC2)n1. The summed E-state index contributed by atoms with van der Waals surface area (Å²) >= 11 is 0. The Morgan fingerprint density at radius 2 is 1.90 bits per heavy atom. The number of para-hydroxylation sites is 1. The molecule has 0 saturated carbocycles. The predicted molar refractivity (Wildman–Crippen MR) is 114 cm³/mol. The van der Waals surface area contributed by atoms with Crippen LogP contribution in [0, 0.1) is 0 Å². The fraction of sp³-hybridized carbons (Fsp3) is 0.381. The van der Waals surface area contributed by atoms with Crippen molar-refractivity contribution < 1.29 is 9.21 Å². The standard InChI is InChI=1S/C21H24N6O3/c1-26(2)20-23-18(24-21(25-20)27-10-6-3-7-11-27)13-22-19(29)17-12-15(28)14-8-4-5-9-16(14)30-17/h4-5,8-9,12H,3,6-7,10-11,13H2,1-2H3,(H,22,29). The van der Waals surface area contributed by atoms with Crippen LogP contribution >= 0.6 is 0 Å². The first-order chi connectivity index (χ1) is 14.5. The molecule has 0 aliphatic carbocycles. The topological polar surface area (TPSA) is 104 Å². The molecule has 1 N–H and O–H groups in total. The van der Waals surface area contributed by atoms with Crippen molar-refractivity contribution in [1.82, 2.24) is 20.3 Å². The zero-order chi connectivity index (χ0) is 21.1. The molecule has 4 rings (SSSR count). The van der Waals surface area contributed by atoms with E-state index in [1.54, 1.807) is 24.3 Å². The van der Waals surface area contributed by atoms with Gasteiger partial charge in [0, 0.05) is 33.3 Å². The number of benzene rings is 1. The third kappa shape index (κ3) is 4.24. The second-order valence-electron chi connectivity index (χ2n) is 7.45. The van der Waals surface area contributed by atoms with Gasteiger partial charge in [0.2, 0.25) is 11.9 Å². The number of nitrogens with zero attached hydrogens (tertiary/aromatic N) is 5. The molecule has 1 amide bonds. The summed E-state index contributed by atoms with van der Waals surface area (Å²) in [5.41, 5.74) is 0.113. The van der Waals surface area contributed by atoms with Gasteiger partial charge < -0.3 is 19.5 Å². The third-order valence-electron chi connectivity index (χ3n) is 4.96. The Balaban J connectivity index is 1.54. The summed E-state index contributed by atoms with van der Waals surface area (Å²) in [6.45, 7) is 1.91. The number of amides is 1. The molecule has 1 fully saturated rings. The number of rotatable bonds is 5. The maximum absolute atomic E-state index is 12.6. The van der Waals surface area contributed by atoms with Crippen LogP contribution in [-0.2, 0) is 6.54 Å². The Bertz CT molecular complexity index is 1120. The lowest BCUT2D eigenvalue weighted by molar-refractivity contribution is 0.0922. The summed E-state index contributed by atoms with van der Waals surface area (Å²) in [7, 11) is 3.73. The Morgan fingerprint density at radius 1 is 1.13 bits per heavy atom. The minimum Gasteiger partial charge on any atom is -0.451 e. The smallest absolute Gasteiger partial charge is 0.287 e. The molecular weight excluding hydrogens is 384 g/mol. The van der Waals surface area contributed by atoms with Crippen LogP contribution in [0.15, 0.2) is 39.5 Å². The van der Waals surface area contributed by atoms with E-state index in [1.165, 1.54) is 12.5 Å². The molecule has 1 aromatic carbocycles. The van der Waals surface area contributed by atoms with Crippen molar-refractivity contribution in [3.05, 3.63) is 52.1 Å². The van der Waals surface area contributed by atoms with Crippen molar-refractivity contribution in [2.45, 2.75) is 25.8 Å². The lowest BCUT2D eigenvalue weighted by Gasteiger charge is -2.27. The fourth-order valence-electron chi connectivity index (χ4n) is 3.37. The number of anilines is 2. The van der Waals surface area contributed by atoms with Gasteiger partial charge in [0.05, 0.1) is 11.9 Å². The van der Waals surface area contributed by atoms with E-state index in [0.29, 0.717) is 28.7 Å². The van der Waals surface area contributed by atoms with Gasteiger partial charge in [-0.1, -0.05) is 12.1 Å². The first-order valence-corrected chi connectivity index (χ1v) is 9.99. The third-order valence-corrected chi connectivity index (χ3v) is 4.96. The highest BCUT2D eigenvalue weighted by Gasteiger charge is 2.18. The molecule has 0 atom stereocenters. The monoisotopic (exact) mass is 408 g/mol. The molecule has 1 aliphatic rings. The lowest BCUT2D eigenvalue weighted by Crippen LogP contribution is -2.33. The van der Waals surface area contributed by atoms with Crippen molar-refractivity contribution in [3.63, 3.8) is 0 Å². The van der Waals surface area contributed by atoms with E-state index < -0.39 is 5.91 Å². The van der Waals surface area contributed by atoms with Crippen LogP contribution < -0.4 is 20.5 Å². The van der Waals surface area contributed by atoms with Crippen molar-refractivity contribution in [3.8, 4) is 0 Å². The second kappa shape index (κ2) is 8.48. The Kier molecular flexibility index (Phi) is 5.60. The van der Waals surface area contributed by atoms with Gasteiger partial charge >= 0.3 is 0 Å². The molecule has 0 unspecified atom stereocenters. The summed E-state index contributed by atoms with van der Waals surface area (Å²) in [5, 5.41) is 3.18. The number of aromatic nitrogens is 3. The highest BCUT2D eigenvalue weighted by molar-refractivity contribution is 5.93. The van der Waals surface area contributed by atoms with Gasteiger partial charge in [0.1, 0.15) is 5.58 Å². The summed E-state index contributed by atoms with van der Waals surface area (Å²) in [6.07, 6.45) is 3.42. The predicted octanol–water partition coefficient (Wildman–Crippen LogP) is 1.96. The van der Waals surface area contributed by atoms with Gasteiger partial charge in [-0.25, -0.2) is 0 Å². The fourth-order valence-corrected chi connectivity index (χ4v) is 3.37. The summed E-state index contributed by atoms with van der Waals surface area (Å²) in [4.78, 5) is 42.3. The summed E-state index contributed by atoms with van der Waals surface area (Å²) in [5.74, 6) is 1.06. The van der Waals surface area contributed by atoms with Crippen LogP contribution in [0.3, 0.4) is 0 Å². The Morgan fingerprint density at radius 3 is 2.67 bits per heavy atom.